The molecule has 1 fully saturated rings. The van der Waals surface area contributed by atoms with Crippen LogP contribution in [-0.2, 0) is 9.53 Å². The van der Waals surface area contributed by atoms with Crippen molar-refractivity contribution in [3.05, 3.63) is 23.8 Å². The highest BCUT2D eigenvalue weighted by atomic mass is 16.5. The maximum absolute atomic E-state index is 11.8. The highest BCUT2D eigenvalue weighted by Gasteiger charge is 2.40. The topological polar surface area (TPSA) is 55.6 Å². The number of carbonyl (C=O) groups excluding carboxylic acids is 1. The third-order valence-corrected chi connectivity index (χ3v) is 4.24. The molecule has 0 aromatic heterocycles. The summed E-state index contributed by atoms with van der Waals surface area (Å²) in [6, 6.07) is 0.0436. The molecule has 0 aromatic rings. The van der Waals surface area contributed by atoms with Crippen molar-refractivity contribution in [1.29, 1.82) is 0 Å². The average Bonchev–Trinajstić information content (AvgIpc) is 2.83. The van der Waals surface area contributed by atoms with Crippen LogP contribution in [0.15, 0.2) is 23.8 Å². The third kappa shape index (κ3) is 3.07. The van der Waals surface area contributed by atoms with Gasteiger partial charge in [-0.05, 0) is 38.3 Å². The molecule has 2 N–H and O–H groups in total. The van der Waals surface area contributed by atoms with Crippen LogP contribution in [0, 0.1) is 5.92 Å². The van der Waals surface area contributed by atoms with E-state index in [0.717, 1.165) is 25.8 Å². The molecule has 4 nitrogen and oxygen atoms in total. The van der Waals surface area contributed by atoms with Crippen LogP contribution in [0.4, 0.5) is 0 Å². The molecule has 4 heteroatoms. The van der Waals surface area contributed by atoms with E-state index in [2.05, 4.69) is 30.1 Å². The van der Waals surface area contributed by atoms with Crippen molar-refractivity contribution >= 4 is 5.91 Å². The zero-order chi connectivity index (χ0) is 13.8. The van der Waals surface area contributed by atoms with Crippen LogP contribution in [0.3, 0.4) is 0 Å². The zero-order valence-corrected chi connectivity index (χ0v) is 11.8. The van der Waals surface area contributed by atoms with Gasteiger partial charge in [-0.15, -0.1) is 0 Å². The number of nitrogens with two attached hydrogens (primary N) is 1. The molecule has 1 amide bonds. The molecule has 1 saturated heterocycles. The fraction of sp³-hybridized carbons (Fsp3) is 0.667. The first kappa shape index (κ1) is 14.3. The van der Waals surface area contributed by atoms with Gasteiger partial charge in [0.05, 0.1) is 12.6 Å². The SMILES string of the molecule is COC[C@@H]1CCN([C@@H](C)C2=CCCC=C2)[C@@H]1C(N)=O. The van der Waals surface area contributed by atoms with Crippen LogP contribution in [0.2, 0.25) is 0 Å². The van der Waals surface area contributed by atoms with Crippen LogP contribution < -0.4 is 5.73 Å². The molecule has 0 spiro atoms. The molecule has 19 heavy (non-hydrogen) atoms. The van der Waals surface area contributed by atoms with Gasteiger partial charge in [-0.2, -0.15) is 0 Å². The molecule has 3 atom stereocenters. The van der Waals surface area contributed by atoms with Crippen LogP contribution in [0.25, 0.3) is 0 Å². The fourth-order valence-corrected chi connectivity index (χ4v) is 3.24. The predicted octanol–water partition coefficient (Wildman–Crippen LogP) is 1.47. The Morgan fingerprint density at radius 3 is 2.95 bits per heavy atom. The molecule has 106 valence electrons. The molecule has 2 rings (SSSR count). The number of hydrogen-bond donors (Lipinski definition) is 1. The molecule has 0 bridgehead atoms. The summed E-state index contributed by atoms with van der Waals surface area (Å²) in [4.78, 5) is 14.0. The second kappa shape index (κ2) is 6.35. The van der Waals surface area contributed by atoms with Gasteiger partial charge in [-0.3, -0.25) is 9.69 Å². The second-order valence-electron chi connectivity index (χ2n) is 5.45. The van der Waals surface area contributed by atoms with Crippen molar-refractivity contribution in [2.24, 2.45) is 11.7 Å². The van der Waals surface area contributed by atoms with E-state index in [-0.39, 0.29) is 23.9 Å². The van der Waals surface area contributed by atoms with E-state index in [1.165, 1.54) is 5.57 Å². The van der Waals surface area contributed by atoms with Crippen LogP contribution in [-0.4, -0.2) is 43.2 Å². The van der Waals surface area contributed by atoms with E-state index in [4.69, 9.17) is 10.5 Å². The Bertz CT molecular complexity index is 390. The van der Waals surface area contributed by atoms with Gasteiger partial charge in [0.2, 0.25) is 5.91 Å². The predicted molar refractivity (Wildman–Crippen MR) is 75.6 cm³/mol. The minimum atomic E-state index is -0.230. The first-order chi connectivity index (χ1) is 9.15. The highest BCUT2D eigenvalue weighted by Crippen LogP contribution is 2.30. The molecule has 0 saturated carbocycles. The number of carbonyl (C=O) groups is 1. The lowest BCUT2D eigenvalue weighted by molar-refractivity contribution is -0.124. The number of ether oxygens (including phenoxy) is 1. The lowest BCUT2D eigenvalue weighted by Crippen LogP contribution is -2.48. The van der Waals surface area contributed by atoms with E-state index in [9.17, 15) is 4.79 Å². The fourth-order valence-electron chi connectivity index (χ4n) is 3.24. The number of likely N-dealkylation sites (tertiary alicyclic amines) is 1. The van der Waals surface area contributed by atoms with Crippen molar-refractivity contribution in [2.45, 2.75) is 38.3 Å². The smallest absolute Gasteiger partial charge is 0.235 e. The standard InChI is InChI=1S/C15H24N2O2/c1-11(12-6-4-3-5-7-12)17-9-8-13(10-19-2)14(17)15(16)18/h4,6-7,11,13-14H,3,5,8-10H2,1-2H3,(H2,16,18)/t11-,13-,14-/m0/s1. The Kier molecular flexibility index (Phi) is 4.77. The first-order valence-corrected chi connectivity index (χ1v) is 7.05. The maximum atomic E-state index is 11.8. The molecule has 1 aliphatic carbocycles. The van der Waals surface area contributed by atoms with Crippen LogP contribution in [0.5, 0.6) is 0 Å². The minimum absolute atomic E-state index is 0.203. The summed E-state index contributed by atoms with van der Waals surface area (Å²) in [5, 5.41) is 0. The minimum Gasteiger partial charge on any atom is -0.384 e. The summed E-state index contributed by atoms with van der Waals surface area (Å²) in [7, 11) is 1.68. The molecule has 2 aliphatic rings. The van der Waals surface area contributed by atoms with Crippen molar-refractivity contribution in [3.63, 3.8) is 0 Å². The zero-order valence-electron chi connectivity index (χ0n) is 11.8. The summed E-state index contributed by atoms with van der Waals surface area (Å²) in [5.74, 6) is -0.00934. The monoisotopic (exact) mass is 264 g/mol. The Balaban J connectivity index is 2.12. The number of nitrogens with zero attached hydrogens (tertiary/aromatic N) is 1. The third-order valence-electron chi connectivity index (χ3n) is 4.24. The molecular weight excluding hydrogens is 240 g/mol. The van der Waals surface area contributed by atoms with Gasteiger partial charge in [0, 0.05) is 19.1 Å². The highest BCUT2D eigenvalue weighted by molar-refractivity contribution is 5.80. The van der Waals surface area contributed by atoms with Crippen molar-refractivity contribution < 1.29 is 9.53 Å². The van der Waals surface area contributed by atoms with E-state index >= 15 is 0 Å². The molecule has 1 heterocycles. The molecule has 1 aliphatic heterocycles. The van der Waals surface area contributed by atoms with Gasteiger partial charge in [0.25, 0.3) is 0 Å². The van der Waals surface area contributed by atoms with E-state index in [1.807, 2.05) is 0 Å². The Labute approximate surface area is 115 Å². The summed E-state index contributed by atoms with van der Waals surface area (Å²) in [5.41, 5.74) is 6.90. The van der Waals surface area contributed by atoms with E-state index in [0.29, 0.717) is 6.61 Å². The van der Waals surface area contributed by atoms with Gasteiger partial charge >= 0.3 is 0 Å². The summed E-state index contributed by atoms with van der Waals surface area (Å²) in [6.45, 7) is 3.67. The van der Waals surface area contributed by atoms with Gasteiger partial charge in [0.1, 0.15) is 0 Å². The lowest BCUT2D eigenvalue weighted by Gasteiger charge is -2.32. The van der Waals surface area contributed by atoms with Gasteiger partial charge in [-0.25, -0.2) is 0 Å². The molecule has 0 radical (unpaired) electrons. The largest absolute Gasteiger partial charge is 0.384 e. The summed E-state index contributed by atoms with van der Waals surface area (Å²) < 4.78 is 5.22. The van der Waals surface area contributed by atoms with E-state index < -0.39 is 0 Å². The number of rotatable bonds is 5. The number of hydrogen-bond acceptors (Lipinski definition) is 3. The number of primary amides is 1. The number of allylic oxidation sites excluding steroid dienone is 2. The molecule has 0 unspecified atom stereocenters. The second-order valence-corrected chi connectivity index (χ2v) is 5.45. The van der Waals surface area contributed by atoms with Crippen molar-refractivity contribution in [3.8, 4) is 0 Å². The molecular formula is C15H24N2O2. The van der Waals surface area contributed by atoms with Crippen LogP contribution >= 0.6 is 0 Å². The lowest BCUT2D eigenvalue weighted by atomic mass is 9.97. The molecule has 0 aromatic carbocycles. The van der Waals surface area contributed by atoms with Gasteiger partial charge in [-0.1, -0.05) is 18.2 Å². The summed E-state index contributed by atoms with van der Waals surface area (Å²) in [6.07, 6.45) is 9.83. The van der Waals surface area contributed by atoms with Crippen molar-refractivity contribution in [1.82, 2.24) is 4.90 Å². The van der Waals surface area contributed by atoms with E-state index in [1.54, 1.807) is 7.11 Å². The average molecular weight is 264 g/mol. The van der Waals surface area contributed by atoms with Gasteiger partial charge in [0.15, 0.2) is 0 Å². The normalized spacial score (nSPS) is 29.3. The van der Waals surface area contributed by atoms with Crippen molar-refractivity contribution in [2.75, 3.05) is 20.3 Å². The Morgan fingerprint density at radius 1 is 1.58 bits per heavy atom. The Morgan fingerprint density at radius 2 is 2.37 bits per heavy atom. The Hall–Kier alpha value is -1.13. The maximum Gasteiger partial charge on any atom is 0.235 e. The first-order valence-electron chi connectivity index (χ1n) is 7.05. The number of methoxy groups -OCH3 is 1. The quantitative estimate of drug-likeness (QED) is 0.818. The summed E-state index contributed by atoms with van der Waals surface area (Å²) >= 11 is 0. The number of amides is 1. The van der Waals surface area contributed by atoms with Crippen LogP contribution in [0.1, 0.15) is 26.2 Å². The van der Waals surface area contributed by atoms with Gasteiger partial charge < -0.3 is 10.5 Å².